The zero-order valence-electron chi connectivity index (χ0n) is 8.72. The van der Waals surface area contributed by atoms with Crippen molar-refractivity contribution in [2.75, 3.05) is 7.05 Å². The molecule has 0 saturated carbocycles. The van der Waals surface area contributed by atoms with Gasteiger partial charge in [-0.2, -0.15) is 0 Å². The van der Waals surface area contributed by atoms with Crippen molar-refractivity contribution >= 4 is 11.9 Å². The van der Waals surface area contributed by atoms with E-state index in [1.54, 1.807) is 11.9 Å². The van der Waals surface area contributed by atoms with E-state index in [4.69, 9.17) is 0 Å². The van der Waals surface area contributed by atoms with E-state index in [0.717, 1.165) is 0 Å². The molecule has 0 unspecified atom stereocenters. The van der Waals surface area contributed by atoms with Gasteiger partial charge in [-0.25, -0.2) is 0 Å². The highest BCUT2D eigenvalue weighted by Crippen LogP contribution is 2.24. The fraction of sp³-hybridized carbons (Fsp3) is 0.455. The molecular weight excluding hydrogens is 178 g/mol. The predicted octanol–water partition coefficient (Wildman–Crippen LogP) is 3.34. The average molecular weight is 195 g/mol. The van der Waals surface area contributed by atoms with Gasteiger partial charge in [0.2, 0.25) is 0 Å². The first-order valence-corrected chi connectivity index (χ1v) is 5.41. The standard InChI is InChI=1S/C11H17NS/c1-8(2)11-7-10(13-12-4)6-5-9(11)3/h5-8,12H,1-4H3. The van der Waals surface area contributed by atoms with E-state index in [1.807, 2.05) is 7.05 Å². The van der Waals surface area contributed by atoms with Crippen molar-refractivity contribution in [3.05, 3.63) is 29.3 Å². The average Bonchev–Trinajstić information content (AvgIpc) is 2.08. The van der Waals surface area contributed by atoms with Crippen molar-refractivity contribution in [2.45, 2.75) is 31.6 Å². The molecule has 0 saturated heterocycles. The molecule has 0 bridgehead atoms. The second-order valence-electron chi connectivity index (χ2n) is 3.48. The van der Waals surface area contributed by atoms with Crippen molar-refractivity contribution in [2.24, 2.45) is 0 Å². The summed E-state index contributed by atoms with van der Waals surface area (Å²) in [7, 11) is 1.94. The Hall–Kier alpha value is -0.470. The lowest BCUT2D eigenvalue weighted by Gasteiger charge is -2.11. The SMILES string of the molecule is CNSc1ccc(C)c(C(C)C)c1. The number of nitrogens with one attached hydrogen (secondary N) is 1. The van der Waals surface area contributed by atoms with Gasteiger partial charge >= 0.3 is 0 Å². The molecule has 0 aromatic heterocycles. The molecule has 1 rings (SSSR count). The van der Waals surface area contributed by atoms with Gasteiger partial charge in [0.1, 0.15) is 0 Å². The minimum absolute atomic E-state index is 0.609. The Morgan fingerprint density at radius 2 is 2.00 bits per heavy atom. The summed E-state index contributed by atoms with van der Waals surface area (Å²) < 4.78 is 3.09. The van der Waals surface area contributed by atoms with Crippen molar-refractivity contribution < 1.29 is 0 Å². The van der Waals surface area contributed by atoms with Crippen LogP contribution in [0.2, 0.25) is 0 Å². The van der Waals surface area contributed by atoms with Crippen LogP contribution in [-0.4, -0.2) is 7.05 Å². The Labute approximate surface area is 85.1 Å². The van der Waals surface area contributed by atoms with E-state index in [0.29, 0.717) is 5.92 Å². The molecule has 13 heavy (non-hydrogen) atoms. The highest BCUT2D eigenvalue weighted by atomic mass is 32.2. The zero-order valence-corrected chi connectivity index (χ0v) is 9.53. The number of hydrogen-bond acceptors (Lipinski definition) is 2. The van der Waals surface area contributed by atoms with Crippen LogP contribution in [0.4, 0.5) is 0 Å². The predicted molar refractivity (Wildman–Crippen MR) is 60.2 cm³/mol. The van der Waals surface area contributed by atoms with Gasteiger partial charge in [0.25, 0.3) is 0 Å². The summed E-state index contributed by atoms with van der Waals surface area (Å²) >= 11 is 1.67. The molecule has 1 N–H and O–H groups in total. The van der Waals surface area contributed by atoms with Gasteiger partial charge < -0.3 is 0 Å². The first-order chi connectivity index (χ1) is 6.15. The third-order valence-corrected chi connectivity index (χ3v) is 2.79. The van der Waals surface area contributed by atoms with Crippen molar-refractivity contribution in [1.29, 1.82) is 0 Å². The lowest BCUT2D eigenvalue weighted by Crippen LogP contribution is -1.95. The fourth-order valence-corrected chi connectivity index (χ4v) is 1.98. The van der Waals surface area contributed by atoms with Crippen LogP contribution in [-0.2, 0) is 0 Å². The van der Waals surface area contributed by atoms with Gasteiger partial charge in [-0.05, 0) is 55.1 Å². The lowest BCUT2D eigenvalue weighted by atomic mass is 9.98. The summed E-state index contributed by atoms with van der Waals surface area (Å²) in [6, 6.07) is 6.61. The Balaban J connectivity index is 2.97. The minimum atomic E-state index is 0.609. The van der Waals surface area contributed by atoms with Crippen LogP contribution in [0.25, 0.3) is 0 Å². The molecule has 2 heteroatoms. The van der Waals surface area contributed by atoms with Crippen LogP contribution in [0.1, 0.15) is 30.9 Å². The van der Waals surface area contributed by atoms with E-state index in [-0.39, 0.29) is 0 Å². The molecule has 0 aliphatic heterocycles. The van der Waals surface area contributed by atoms with E-state index in [1.165, 1.54) is 16.0 Å². The monoisotopic (exact) mass is 195 g/mol. The fourth-order valence-electron chi connectivity index (χ4n) is 1.42. The molecule has 1 nitrogen and oxygen atoms in total. The first-order valence-electron chi connectivity index (χ1n) is 4.59. The molecule has 72 valence electrons. The van der Waals surface area contributed by atoms with Gasteiger partial charge in [-0.1, -0.05) is 19.9 Å². The molecule has 0 atom stereocenters. The second kappa shape index (κ2) is 4.68. The van der Waals surface area contributed by atoms with Gasteiger partial charge in [-0.15, -0.1) is 0 Å². The molecule has 1 aromatic rings. The van der Waals surface area contributed by atoms with Crippen LogP contribution in [0.3, 0.4) is 0 Å². The van der Waals surface area contributed by atoms with Crippen LogP contribution in [0.5, 0.6) is 0 Å². The largest absolute Gasteiger partial charge is 0.263 e. The Kier molecular flexibility index (Phi) is 3.82. The summed E-state index contributed by atoms with van der Waals surface area (Å²) in [4.78, 5) is 1.29. The number of hydrogen-bond donors (Lipinski definition) is 1. The van der Waals surface area contributed by atoms with Crippen molar-refractivity contribution in [3.63, 3.8) is 0 Å². The third-order valence-electron chi connectivity index (χ3n) is 2.09. The van der Waals surface area contributed by atoms with Crippen LogP contribution < -0.4 is 4.72 Å². The summed E-state index contributed by atoms with van der Waals surface area (Å²) in [6.07, 6.45) is 0. The maximum Gasteiger partial charge on any atom is 0.0231 e. The van der Waals surface area contributed by atoms with E-state index in [2.05, 4.69) is 43.7 Å². The van der Waals surface area contributed by atoms with E-state index >= 15 is 0 Å². The van der Waals surface area contributed by atoms with Crippen molar-refractivity contribution in [1.82, 2.24) is 4.72 Å². The van der Waals surface area contributed by atoms with Gasteiger partial charge in [0, 0.05) is 4.90 Å². The Bertz CT molecular complexity index is 281. The number of aryl methyl sites for hydroxylation is 1. The summed E-state index contributed by atoms with van der Waals surface area (Å²) in [6.45, 7) is 6.63. The van der Waals surface area contributed by atoms with Gasteiger partial charge in [0.15, 0.2) is 0 Å². The van der Waals surface area contributed by atoms with Crippen LogP contribution >= 0.6 is 11.9 Å². The highest BCUT2D eigenvalue weighted by Gasteiger charge is 2.04. The summed E-state index contributed by atoms with van der Waals surface area (Å²) in [5.41, 5.74) is 2.83. The number of rotatable bonds is 3. The quantitative estimate of drug-likeness (QED) is 0.742. The maximum atomic E-state index is 3.09. The molecule has 1 aromatic carbocycles. The Morgan fingerprint density at radius 1 is 1.31 bits per heavy atom. The number of benzene rings is 1. The smallest absolute Gasteiger partial charge is 0.0231 e. The third kappa shape index (κ3) is 2.75. The minimum Gasteiger partial charge on any atom is -0.263 e. The summed E-state index contributed by atoms with van der Waals surface area (Å²) in [5, 5.41) is 0. The molecule has 0 aliphatic carbocycles. The zero-order chi connectivity index (χ0) is 9.84. The molecular formula is C11H17NS. The van der Waals surface area contributed by atoms with Crippen molar-refractivity contribution in [3.8, 4) is 0 Å². The van der Waals surface area contributed by atoms with Gasteiger partial charge in [0.05, 0.1) is 0 Å². The first kappa shape index (κ1) is 10.6. The molecule has 0 spiro atoms. The topological polar surface area (TPSA) is 12.0 Å². The highest BCUT2D eigenvalue weighted by molar-refractivity contribution is 7.97. The maximum absolute atomic E-state index is 3.09. The van der Waals surface area contributed by atoms with Gasteiger partial charge in [-0.3, -0.25) is 4.72 Å². The van der Waals surface area contributed by atoms with Crippen LogP contribution in [0, 0.1) is 6.92 Å². The molecule has 0 radical (unpaired) electrons. The van der Waals surface area contributed by atoms with E-state index in [9.17, 15) is 0 Å². The van der Waals surface area contributed by atoms with E-state index < -0.39 is 0 Å². The summed E-state index contributed by atoms with van der Waals surface area (Å²) in [5.74, 6) is 0.609. The Morgan fingerprint density at radius 3 is 2.54 bits per heavy atom. The van der Waals surface area contributed by atoms with Crippen LogP contribution in [0.15, 0.2) is 23.1 Å². The lowest BCUT2D eigenvalue weighted by molar-refractivity contribution is 0.851. The molecule has 0 heterocycles. The molecule has 0 aliphatic rings. The molecule has 0 fully saturated rings. The normalized spacial score (nSPS) is 10.8. The molecule has 0 amide bonds. The second-order valence-corrected chi connectivity index (χ2v) is 4.56.